The Labute approximate surface area is 92.8 Å². The van der Waals surface area contributed by atoms with E-state index in [4.69, 9.17) is 9.84 Å². The Morgan fingerprint density at radius 1 is 1.12 bits per heavy atom. The molecular formula is C12H12O4. The highest BCUT2D eigenvalue weighted by Crippen LogP contribution is 2.35. The lowest BCUT2D eigenvalue weighted by atomic mass is 9.74. The van der Waals surface area contributed by atoms with Gasteiger partial charge in [-0.3, -0.25) is 9.59 Å². The first-order valence-corrected chi connectivity index (χ1v) is 5.18. The molecule has 16 heavy (non-hydrogen) atoms. The summed E-state index contributed by atoms with van der Waals surface area (Å²) in [7, 11) is 0. The number of carbonyl (C=O) groups is 2. The molecule has 1 aromatic rings. The Morgan fingerprint density at radius 3 is 2.25 bits per heavy atom. The van der Waals surface area contributed by atoms with Gasteiger partial charge >= 0.3 is 11.9 Å². The smallest absolute Gasteiger partial charge is 0.315 e. The highest BCUT2D eigenvalue weighted by Gasteiger charge is 2.42. The zero-order valence-corrected chi connectivity index (χ0v) is 8.63. The van der Waals surface area contributed by atoms with Gasteiger partial charge in [-0.2, -0.15) is 0 Å². The summed E-state index contributed by atoms with van der Waals surface area (Å²) < 4.78 is 5.10. The Bertz CT molecular complexity index is 399. The summed E-state index contributed by atoms with van der Waals surface area (Å²) in [6.07, 6.45) is 1.16. The van der Waals surface area contributed by atoms with E-state index in [0.29, 0.717) is 18.6 Å². The van der Waals surface area contributed by atoms with Crippen molar-refractivity contribution in [3.05, 3.63) is 30.3 Å². The van der Waals surface area contributed by atoms with Crippen LogP contribution in [-0.2, 0) is 9.59 Å². The molecule has 0 amide bonds. The number of carboxylic acid groups (broad SMARTS) is 1. The quantitative estimate of drug-likeness (QED) is 0.622. The second-order valence-electron chi connectivity index (χ2n) is 3.86. The molecule has 1 aromatic carbocycles. The molecule has 1 aliphatic carbocycles. The molecule has 1 aliphatic rings. The van der Waals surface area contributed by atoms with Gasteiger partial charge in [-0.1, -0.05) is 18.2 Å². The Balaban J connectivity index is 1.97. The fourth-order valence-electron chi connectivity index (χ4n) is 1.76. The van der Waals surface area contributed by atoms with Crippen molar-refractivity contribution in [2.45, 2.75) is 12.8 Å². The van der Waals surface area contributed by atoms with Gasteiger partial charge in [0.1, 0.15) is 5.75 Å². The first-order chi connectivity index (χ1) is 7.68. The largest absolute Gasteiger partial charge is 0.481 e. The molecule has 4 heteroatoms. The maximum Gasteiger partial charge on any atom is 0.315 e. The van der Waals surface area contributed by atoms with E-state index in [0.717, 1.165) is 0 Å². The first-order valence-electron chi connectivity index (χ1n) is 5.18. The van der Waals surface area contributed by atoms with Gasteiger partial charge in [-0.15, -0.1) is 0 Å². The second-order valence-corrected chi connectivity index (χ2v) is 3.86. The van der Waals surface area contributed by atoms with Crippen LogP contribution in [0.25, 0.3) is 0 Å². The molecule has 4 nitrogen and oxygen atoms in total. The number of hydrogen-bond acceptors (Lipinski definition) is 3. The molecular weight excluding hydrogens is 208 g/mol. The molecule has 84 valence electrons. The van der Waals surface area contributed by atoms with Crippen molar-refractivity contribution >= 4 is 11.9 Å². The van der Waals surface area contributed by atoms with Crippen molar-refractivity contribution in [1.82, 2.24) is 0 Å². The predicted molar refractivity (Wildman–Crippen MR) is 55.9 cm³/mol. The number of para-hydroxylation sites is 1. The van der Waals surface area contributed by atoms with Crippen LogP contribution in [0.5, 0.6) is 5.75 Å². The van der Waals surface area contributed by atoms with Gasteiger partial charge in [0.05, 0.1) is 11.8 Å². The van der Waals surface area contributed by atoms with Crippen LogP contribution in [0.3, 0.4) is 0 Å². The van der Waals surface area contributed by atoms with Crippen LogP contribution in [0.1, 0.15) is 12.8 Å². The van der Waals surface area contributed by atoms with Gasteiger partial charge in [-0.25, -0.2) is 0 Å². The number of ether oxygens (including phenoxy) is 1. The van der Waals surface area contributed by atoms with E-state index < -0.39 is 23.8 Å². The lowest BCUT2D eigenvalue weighted by molar-refractivity contribution is -0.158. The number of esters is 1. The average molecular weight is 220 g/mol. The molecule has 2 rings (SSSR count). The third kappa shape index (κ3) is 2.05. The van der Waals surface area contributed by atoms with Gasteiger partial charge in [-0.05, 0) is 25.0 Å². The SMILES string of the molecule is O=C(O)C1CCC1C(=O)Oc1ccccc1. The summed E-state index contributed by atoms with van der Waals surface area (Å²) in [5.41, 5.74) is 0. The highest BCUT2D eigenvalue weighted by molar-refractivity contribution is 5.84. The molecule has 0 radical (unpaired) electrons. The van der Waals surface area contributed by atoms with Crippen molar-refractivity contribution in [2.75, 3.05) is 0 Å². The van der Waals surface area contributed by atoms with Crippen LogP contribution in [0.4, 0.5) is 0 Å². The van der Waals surface area contributed by atoms with Crippen LogP contribution in [0.2, 0.25) is 0 Å². The van der Waals surface area contributed by atoms with E-state index in [9.17, 15) is 9.59 Å². The summed E-state index contributed by atoms with van der Waals surface area (Å²) in [5, 5.41) is 8.81. The van der Waals surface area contributed by atoms with Gasteiger partial charge in [0.2, 0.25) is 0 Å². The molecule has 0 heterocycles. The maximum atomic E-state index is 11.6. The van der Waals surface area contributed by atoms with Crippen LogP contribution >= 0.6 is 0 Å². The third-order valence-electron chi connectivity index (χ3n) is 2.86. The molecule has 0 spiro atoms. The second kappa shape index (κ2) is 4.35. The molecule has 0 aromatic heterocycles. The van der Waals surface area contributed by atoms with Crippen LogP contribution in [-0.4, -0.2) is 17.0 Å². The van der Waals surface area contributed by atoms with E-state index in [-0.39, 0.29) is 0 Å². The summed E-state index contributed by atoms with van der Waals surface area (Å²) in [4.78, 5) is 22.4. The Kier molecular flexibility index (Phi) is 2.90. The lowest BCUT2D eigenvalue weighted by Gasteiger charge is -2.30. The van der Waals surface area contributed by atoms with E-state index >= 15 is 0 Å². The maximum absolute atomic E-state index is 11.6. The summed E-state index contributed by atoms with van der Waals surface area (Å²) in [6.45, 7) is 0. The molecule has 1 fully saturated rings. The predicted octanol–water partition coefficient (Wildman–Crippen LogP) is 1.70. The topological polar surface area (TPSA) is 63.6 Å². The summed E-state index contributed by atoms with van der Waals surface area (Å²) in [6, 6.07) is 8.69. The van der Waals surface area contributed by atoms with Gasteiger partial charge in [0.15, 0.2) is 0 Å². The monoisotopic (exact) mass is 220 g/mol. The van der Waals surface area contributed by atoms with Crippen molar-refractivity contribution in [3.63, 3.8) is 0 Å². The number of aliphatic carboxylic acids is 1. The Hall–Kier alpha value is -1.84. The third-order valence-corrected chi connectivity index (χ3v) is 2.86. The lowest BCUT2D eigenvalue weighted by Crippen LogP contribution is -2.40. The minimum absolute atomic E-state index is 0.440. The van der Waals surface area contributed by atoms with Gasteiger partial charge < -0.3 is 9.84 Å². The first kappa shape index (κ1) is 10.7. The van der Waals surface area contributed by atoms with Crippen molar-refractivity contribution in [3.8, 4) is 5.75 Å². The highest BCUT2D eigenvalue weighted by atomic mass is 16.5. The molecule has 2 atom stereocenters. The number of benzene rings is 1. The average Bonchev–Trinajstić information content (AvgIpc) is 2.16. The van der Waals surface area contributed by atoms with Crippen LogP contribution in [0, 0.1) is 11.8 Å². The van der Waals surface area contributed by atoms with E-state index in [2.05, 4.69) is 0 Å². The summed E-state index contributed by atoms with van der Waals surface area (Å²) >= 11 is 0. The van der Waals surface area contributed by atoms with E-state index in [1.54, 1.807) is 24.3 Å². The number of hydrogen-bond donors (Lipinski definition) is 1. The normalized spacial score (nSPS) is 23.2. The molecule has 0 aliphatic heterocycles. The van der Waals surface area contributed by atoms with Crippen molar-refractivity contribution in [1.29, 1.82) is 0 Å². The van der Waals surface area contributed by atoms with Crippen molar-refractivity contribution < 1.29 is 19.4 Å². The van der Waals surface area contributed by atoms with E-state index in [1.165, 1.54) is 0 Å². The van der Waals surface area contributed by atoms with Crippen molar-refractivity contribution in [2.24, 2.45) is 11.8 Å². The fraction of sp³-hybridized carbons (Fsp3) is 0.333. The van der Waals surface area contributed by atoms with E-state index in [1.807, 2.05) is 6.07 Å². The fourth-order valence-corrected chi connectivity index (χ4v) is 1.76. The number of carboxylic acids is 1. The van der Waals surface area contributed by atoms with Crippen LogP contribution < -0.4 is 4.74 Å². The summed E-state index contributed by atoms with van der Waals surface area (Å²) in [5.74, 6) is -1.96. The minimum atomic E-state index is -0.915. The molecule has 1 N–H and O–H groups in total. The zero-order valence-electron chi connectivity index (χ0n) is 8.63. The van der Waals surface area contributed by atoms with Crippen LogP contribution in [0.15, 0.2) is 30.3 Å². The Morgan fingerprint density at radius 2 is 1.75 bits per heavy atom. The number of rotatable bonds is 3. The minimum Gasteiger partial charge on any atom is -0.481 e. The number of carbonyl (C=O) groups excluding carboxylic acids is 1. The molecule has 0 saturated heterocycles. The van der Waals surface area contributed by atoms with Gasteiger partial charge in [0, 0.05) is 0 Å². The zero-order chi connectivity index (χ0) is 11.5. The molecule has 1 saturated carbocycles. The molecule has 2 unspecified atom stereocenters. The molecule has 0 bridgehead atoms. The van der Waals surface area contributed by atoms with Gasteiger partial charge in [0.25, 0.3) is 0 Å². The standard InChI is InChI=1S/C12H12O4/c13-11(14)9-6-7-10(9)12(15)16-8-4-2-1-3-5-8/h1-5,9-10H,6-7H2,(H,13,14).